The molecule has 3 saturated carbocycles. The summed E-state index contributed by atoms with van der Waals surface area (Å²) in [6, 6.07) is 0. The highest BCUT2D eigenvalue weighted by molar-refractivity contribution is 5.81. The molecule has 3 aliphatic carbocycles. The van der Waals surface area contributed by atoms with Crippen molar-refractivity contribution in [3.63, 3.8) is 0 Å². The van der Waals surface area contributed by atoms with E-state index < -0.39 is 0 Å². The van der Waals surface area contributed by atoms with Gasteiger partial charge in [0, 0.05) is 11.3 Å². The molecule has 2 bridgehead atoms. The second-order valence-electron chi connectivity index (χ2n) is 9.66. The van der Waals surface area contributed by atoms with E-state index in [1.807, 2.05) is 0 Å². The maximum Gasteiger partial charge on any atom is 0.312 e. The van der Waals surface area contributed by atoms with E-state index in [0.717, 1.165) is 18.8 Å². The van der Waals surface area contributed by atoms with Crippen molar-refractivity contribution in [2.24, 2.45) is 28.1 Å². The first-order valence-corrected chi connectivity index (χ1v) is 9.53. The van der Waals surface area contributed by atoms with Gasteiger partial charge in [0.25, 0.3) is 0 Å². The van der Waals surface area contributed by atoms with Gasteiger partial charge in [-0.2, -0.15) is 0 Å². The molecule has 0 N–H and O–H groups in total. The van der Waals surface area contributed by atoms with E-state index in [1.165, 1.54) is 44.9 Å². The maximum absolute atomic E-state index is 12.7. The molecule has 0 amide bonds. The Morgan fingerprint density at radius 3 is 2.59 bits per heavy atom. The van der Waals surface area contributed by atoms with E-state index in [1.54, 1.807) is 0 Å². The molecule has 0 radical (unpaired) electrons. The maximum atomic E-state index is 12.7. The standard InChI is InChI=1S/C20H32O2/c1-5-17(2)11-12-19(4)14(13-17)7-8-15-18(3)9-6-10-20(15,19)22-16(18)21/h14-15H,5-13H2,1-4H3/t14-,15+,17-,18+,19+,20+/m1/s1. The Hall–Kier alpha value is -0.530. The van der Waals surface area contributed by atoms with Gasteiger partial charge in [0.2, 0.25) is 0 Å². The molecule has 1 saturated heterocycles. The van der Waals surface area contributed by atoms with Gasteiger partial charge in [0.1, 0.15) is 5.60 Å². The van der Waals surface area contributed by atoms with Crippen LogP contribution in [0.25, 0.3) is 0 Å². The van der Waals surface area contributed by atoms with Gasteiger partial charge >= 0.3 is 5.97 Å². The molecule has 0 aromatic heterocycles. The van der Waals surface area contributed by atoms with Crippen LogP contribution in [0.15, 0.2) is 0 Å². The van der Waals surface area contributed by atoms with Crippen LogP contribution in [0.5, 0.6) is 0 Å². The zero-order valence-corrected chi connectivity index (χ0v) is 14.8. The van der Waals surface area contributed by atoms with Crippen molar-refractivity contribution in [1.82, 2.24) is 0 Å². The highest BCUT2D eigenvalue weighted by Crippen LogP contribution is 2.71. The molecule has 0 aromatic rings. The fourth-order valence-electron chi connectivity index (χ4n) is 6.94. The van der Waals surface area contributed by atoms with E-state index in [-0.39, 0.29) is 22.4 Å². The van der Waals surface area contributed by atoms with E-state index in [2.05, 4.69) is 27.7 Å². The number of carbonyl (C=O) groups is 1. The first kappa shape index (κ1) is 15.0. The zero-order valence-electron chi connectivity index (χ0n) is 14.8. The minimum absolute atomic E-state index is 0.126. The van der Waals surface area contributed by atoms with E-state index in [0.29, 0.717) is 11.3 Å². The first-order valence-electron chi connectivity index (χ1n) is 9.53. The number of carbonyl (C=O) groups excluding carboxylic acids is 1. The summed E-state index contributed by atoms with van der Waals surface area (Å²) in [7, 11) is 0. The lowest BCUT2D eigenvalue weighted by Crippen LogP contribution is -2.62. The molecule has 4 rings (SSSR count). The van der Waals surface area contributed by atoms with Crippen LogP contribution in [-0.4, -0.2) is 11.6 Å². The Morgan fingerprint density at radius 1 is 1.09 bits per heavy atom. The minimum Gasteiger partial charge on any atom is -0.458 e. The monoisotopic (exact) mass is 304 g/mol. The molecule has 124 valence electrons. The quantitative estimate of drug-likeness (QED) is 0.630. The minimum atomic E-state index is -0.183. The van der Waals surface area contributed by atoms with Crippen LogP contribution in [0, 0.1) is 28.1 Å². The molecule has 4 aliphatic rings. The van der Waals surface area contributed by atoms with Crippen molar-refractivity contribution in [1.29, 1.82) is 0 Å². The van der Waals surface area contributed by atoms with Crippen LogP contribution < -0.4 is 0 Å². The van der Waals surface area contributed by atoms with Crippen LogP contribution in [-0.2, 0) is 9.53 Å². The Morgan fingerprint density at radius 2 is 1.86 bits per heavy atom. The molecule has 1 aliphatic heterocycles. The summed E-state index contributed by atoms with van der Waals surface area (Å²) in [5.74, 6) is 1.35. The SMILES string of the molecule is CC[C@]1(C)CC[C@@]2(C)[C@H](CC[C@@H]3[C@@]24CCC[C@]3(C)C(=O)O4)C1. The van der Waals surface area contributed by atoms with Gasteiger partial charge in [-0.25, -0.2) is 0 Å². The van der Waals surface area contributed by atoms with Crippen molar-refractivity contribution in [3.05, 3.63) is 0 Å². The van der Waals surface area contributed by atoms with Gasteiger partial charge in [-0.15, -0.1) is 0 Å². The van der Waals surface area contributed by atoms with Crippen LogP contribution in [0.3, 0.4) is 0 Å². The average Bonchev–Trinajstić information content (AvgIpc) is 2.61. The third kappa shape index (κ3) is 1.55. The number of ether oxygens (including phenoxy) is 1. The Labute approximate surface area is 135 Å². The number of fused-ring (bicyclic) bond motifs is 1. The van der Waals surface area contributed by atoms with E-state index in [4.69, 9.17) is 4.74 Å². The largest absolute Gasteiger partial charge is 0.458 e. The summed E-state index contributed by atoms with van der Waals surface area (Å²) in [6.45, 7) is 9.49. The predicted molar refractivity (Wildman–Crippen MR) is 87.4 cm³/mol. The highest BCUT2D eigenvalue weighted by Gasteiger charge is 2.73. The molecular weight excluding hydrogens is 272 g/mol. The Bertz CT molecular complexity index is 514. The first-order chi connectivity index (χ1) is 10.3. The van der Waals surface area contributed by atoms with Gasteiger partial charge in [0.15, 0.2) is 0 Å². The van der Waals surface area contributed by atoms with Gasteiger partial charge in [-0.05, 0) is 69.6 Å². The summed E-state index contributed by atoms with van der Waals surface area (Å²) in [5, 5.41) is 0. The van der Waals surface area contributed by atoms with Crippen molar-refractivity contribution >= 4 is 5.97 Å². The van der Waals surface area contributed by atoms with Gasteiger partial charge in [-0.3, -0.25) is 4.79 Å². The lowest BCUT2D eigenvalue weighted by atomic mass is 9.42. The third-order valence-electron chi connectivity index (χ3n) is 8.83. The van der Waals surface area contributed by atoms with Crippen molar-refractivity contribution < 1.29 is 9.53 Å². The van der Waals surface area contributed by atoms with Crippen molar-refractivity contribution in [2.75, 3.05) is 0 Å². The second kappa shape index (κ2) is 4.30. The summed E-state index contributed by atoms with van der Waals surface area (Å²) in [4.78, 5) is 12.7. The average molecular weight is 304 g/mol. The Balaban J connectivity index is 1.75. The van der Waals surface area contributed by atoms with Gasteiger partial charge < -0.3 is 4.74 Å². The lowest BCUT2D eigenvalue weighted by molar-refractivity contribution is -0.205. The molecule has 0 aromatic carbocycles. The molecule has 2 nitrogen and oxygen atoms in total. The number of rotatable bonds is 1. The number of hydrogen-bond donors (Lipinski definition) is 0. The molecule has 0 unspecified atom stereocenters. The summed E-state index contributed by atoms with van der Waals surface area (Å²) in [6.07, 6.45) is 11.0. The molecule has 6 atom stereocenters. The van der Waals surface area contributed by atoms with Crippen LogP contribution >= 0.6 is 0 Å². The van der Waals surface area contributed by atoms with Crippen LogP contribution in [0.2, 0.25) is 0 Å². The van der Waals surface area contributed by atoms with Gasteiger partial charge in [0.05, 0.1) is 5.41 Å². The van der Waals surface area contributed by atoms with Crippen molar-refractivity contribution in [3.8, 4) is 0 Å². The molecular formula is C20H32O2. The van der Waals surface area contributed by atoms with E-state index >= 15 is 0 Å². The van der Waals surface area contributed by atoms with Crippen LogP contribution in [0.4, 0.5) is 0 Å². The smallest absolute Gasteiger partial charge is 0.312 e. The number of hydrogen-bond acceptors (Lipinski definition) is 2. The van der Waals surface area contributed by atoms with Crippen molar-refractivity contribution in [2.45, 2.75) is 91.1 Å². The van der Waals surface area contributed by atoms with Gasteiger partial charge in [-0.1, -0.05) is 27.2 Å². The third-order valence-corrected chi connectivity index (χ3v) is 8.83. The lowest BCUT2D eigenvalue weighted by Gasteiger charge is -2.62. The molecule has 4 fully saturated rings. The highest BCUT2D eigenvalue weighted by atomic mass is 16.6. The second-order valence-corrected chi connectivity index (χ2v) is 9.66. The summed E-state index contributed by atoms with van der Waals surface area (Å²) in [5.41, 5.74) is 0.416. The molecule has 0 spiro atoms. The van der Waals surface area contributed by atoms with E-state index in [9.17, 15) is 4.79 Å². The predicted octanol–water partition coefficient (Wildman–Crippen LogP) is 5.10. The van der Waals surface area contributed by atoms with Crippen LogP contribution in [0.1, 0.15) is 85.5 Å². The summed E-state index contributed by atoms with van der Waals surface area (Å²) >= 11 is 0. The Kier molecular flexibility index (Phi) is 2.94. The molecule has 1 heterocycles. The topological polar surface area (TPSA) is 26.3 Å². The zero-order chi connectivity index (χ0) is 15.8. The normalized spacial score (nSPS) is 57.0. The fourth-order valence-corrected chi connectivity index (χ4v) is 6.94. The molecule has 22 heavy (non-hydrogen) atoms. The summed E-state index contributed by atoms with van der Waals surface area (Å²) < 4.78 is 6.32. The number of esters is 1. The fraction of sp³-hybridized carbons (Fsp3) is 0.950. The molecule has 2 heteroatoms.